The maximum absolute atomic E-state index is 12.1. The van der Waals surface area contributed by atoms with Gasteiger partial charge in [0.05, 0.1) is 17.7 Å². The van der Waals surface area contributed by atoms with Crippen molar-refractivity contribution in [3.8, 4) is 11.5 Å². The molecule has 1 amide bonds. The summed E-state index contributed by atoms with van der Waals surface area (Å²) in [6.07, 6.45) is 0. The van der Waals surface area contributed by atoms with Crippen LogP contribution in [0, 0.1) is 10.1 Å². The molecule has 0 unspecified atom stereocenters. The highest BCUT2D eigenvalue weighted by atomic mass is 32.1. The number of benzene rings is 2. The third-order valence-electron chi connectivity index (χ3n) is 3.79. The van der Waals surface area contributed by atoms with E-state index < -0.39 is 10.8 Å². The number of nitro groups is 1. The molecular weight excluding hydrogens is 382 g/mol. The van der Waals surface area contributed by atoms with Crippen molar-refractivity contribution >= 4 is 34.6 Å². The quantitative estimate of drug-likeness (QED) is 0.413. The number of carbonyl (C=O) groups is 1. The Morgan fingerprint density at radius 1 is 1.21 bits per heavy atom. The minimum atomic E-state index is -0.535. The summed E-state index contributed by atoms with van der Waals surface area (Å²) in [5.41, 5.74) is 1.14. The molecule has 0 heterocycles. The Bertz CT molecular complexity index is 886. The number of hydrogen-bond donors (Lipinski definition) is 2. The number of anilines is 1. The van der Waals surface area contributed by atoms with Crippen molar-refractivity contribution in [1.82, 2.24) is 5.32 Å². The van der Waals surface area contributed by atoms with Gasteiger partial charge in [0.15, 0.2) is 11.7 Å². The van der Waals surface area contributed by atoms with E-state index in [0.29, 0.717) is 11.5 Å². The third-order valence-corrected chi connectivity index (χ3v) is 4.00. The van der Waals surface area contributed by atoms with Crippen LogP contribution in [0.4, 0.5) is 11.4 Å². The molecule has 2 rings (SSSR count). The molecule has 0 saturated heterocycles. The lowest BCUT2D eigenvalue weighted by Crippen LogP contribution is -2.37. The van der Waals surface area contributed by atoms with Gasteiger partial charge in [0, 0.05) is 12.1 Å². The highest BCUT2D eigenvalue weighted by Crippen LogP contribution is 2.29. The van der Waals surface area contributed by atoms with E-state index in [-0.39, 0.29) is 29.0 Å². The molecule has 0 spiro atoms. The first kappa shape index (κ1) is 21.1. The van der Waals surface area contributed by atoms with Crippen LogP contribution in [0.3, 0.4) is 0 Å². The molecule has 0 aliphatic heterocycles. The van der Waals surface area contributed by atoms with Gasteiger partial charge in [-0.05, 0) is 35.8 Å². The van der Waals surface area contributed by atoms with E-state index in [1.807, 2.05) is 32.0 Å². The fourth-order valence-electron chi connectivity index (χ4n) is 2.46. The van der Waals surface area contributed by atoms with Gasteiger partial charge in [0.25, 0.3) is 11.6 Å². The van der Waals surface area contributed by atoms with E-state index >= 15 is 0 Å². The number of ether oxygens (including phenoxy) is 2. The molecule has 2 N–H and O–H groups in total. The van der Waals surface area contributed by atoms with Gasteiger partial charge in [-0.3, -0.25) is 20.2 Å². The van der Waals surface area contributed by atoms with Gasteiger partial charge in [0.2, 0.25) is 0 Å². The monoisotopic (exact) mass is 403 g/mol. The number of hydrogen-bond acceptors (Lipinski definition) is 6. The van der Waals surface area contributed by atoms with E-state index in [1.54, 1.807) is 6.07 Å². The highest BCUT2D eigenvalue weighted by Gasteiger charge is 2.14. The van der Waals surface area contributed by atoms with Crippen molar-refractivity contribution in [2.75, 3.05) is 19.0 Å². The SMILES string of the molecule is COc1ccc([N+](=O)[O-])cc1NC(=S)NC(=O)COc1ccccc1C(C)C. The molecule has 0 bridgehead atoms. The Kier molecular flexibility index (Phi) is 7.28. The second kappa shape index (κ2) is 9.65. The van der Waals surface area contributed by atoms with Crippen molar-refractivity contribution in [3.63, 3.8) is 0 Å². The predicted octanol–water partition coefficient (Wildman–Crippen LogP) is 3.62. The van der Waals surface area contributed by atoms with E-state index in [0.717, 1.165) is 5.56 Å². The van der Waals surface area contributed by atoms with Crippen LogP contribution >= 0.6 is 12.2 Å². The number of nitrogens with zero attached hydrogens (tertiary/aromatic N) is 1. The molecular formula is C19H21N3O5S. The molecule has 8 nitrogen and oxygen atoms in total. The number of amides is 1. The molecule has 0 aliphatic rings. The standard InChI is InChI=1S/C19H21N3O5S/c1-12(2)14-6-4-5-7-16(14)27-11-18(23)21-19(28)20-15-10-13(22(24)25)8-9-17(15)26-3/h4-10,12H,11H2,1-3H3,(H2,20,21,23,28). The van der Waals surface area contributed by atoms with Crippen LogP contribution < -0.4 is 20.1 Å². The number of methoxy groups -OCH3 is 1. The van der Waals surface area contributed by atoms with Gasteiger partial charge in [-0.1, -0.05) is 32.0 Å². The molecule has 0 atom stereocenters. The summed E-state index contributed by atoms with van der Waals surface area (Å²) in [4.78, 5) is 22.5. The van der Waals surface area contributed by atoms with Crippen LogP contribution in [0.2, 0.25) is 0 Å². The number of rotatable bonds is 7. The fourth-order valence-corrected chi connectivity index (χ4v) is 2.68. The van der Waals surface area contributed by atoms with Crippen LogP contribution in [0.1, 0.15) is 25.3 Å². The number of nitrogens with one attached hydrogen (secondary N) is 2. The van der Waals surface area contributed by atoms with Crippen molar-refractivity contribution in [2.45, 2.75) is 19.8 Å². The Morgan fingerprint density at radius 3 is 2.57 bits per heavy atom. The third kappa shape index (κ3) is 5.65. The van der Waals surface area contributed by atoms with Gasteiger partial charge < -0.3 is 14.8 Å². The lowest BCUT2D eigenvalue weighted by atomic mass is 10.0. The van der Waals surface area contributed by atoms with Crippen LogP contribution in [-0.2, 0) is 4.79 Å². The molecule has 0 aromatic heterocycles. The molecule has 148 valence electrons. The van der Waals surface area contributed by atoms with Gasteiger partial charge in [0.1, 0.15) is 11.5 Å². The second-order valence-corrected chi connectivity index (χ2v) is 6.53. The summed E-state index contributed by atoms with van der Waals surface area (Å²) < 4.78 is 10.7. The van der Waals surface area contributed by atoms with Gasteiger partial charge in [-0.25, -0.2) is 0 Å². The number of non-ortho nitro benzene ring substituents is 1. The normalized spacial score (nSPS) is 10.3. The fraction of sp³-hybridized carbons (Fsp3) is 0.263. The first-order valence-electron chi connectivity index (χ1n) is 8.46. The Morgan fingerprint density at radius 2 is 1.93 bits per heavy atom. The number of para-hydroxylation sites is 1. The van der Waals surface area contributed by atoms with E-state index in [4.69, 9.17) is 21.7 Å². The smallest absolute Gasteiger partial charge is 0.271 e. The lowest BCUT2D eigenvalue weighted by Gasteiger charge is -2.15. The Labute approximate surface area is 168 Å². The van der Waals surface area contributed by atoms with Crippen LogP contribution in [-0.4, -0.2) is 29.7 Å². The Hall–Kier alpha value is -3.20. The zero-order valence-electron chi connectivity index (χ0n) is 15.7. The summed E-state index contributed by atoms with van der Waals surface area (Å²) in [6.45, 7) is 3.85. The molecule has 0 saturated carbocycles. The van der Waals surface area contributed by atoms with Crippen molar-refractivity contribution in [1.29, 1.82) is 0 Å². The molecule has 0 aliphatic carbocycles. The van der Waals surface area contributed by atoms with E-state index in [2.05, 4.69) is 10.6 Å². The first-order valence-corrected chi connectivity index (χ1v) is 8.87. The van der Waals surface area contributed by atoms with Crippen molar-refractivity contribution in [3.05, 3.63) is 58.1 Å². The molecule has 2 aromatic carbocycles. The first-order chi connectivity index (χ1) is 13.3. The average molecular weight is 403 g/mol. The maximum Gasteiger partial charge on any atom is 0.271 e. The molecule has 0 radical (unpaired) electrons. The van der Waals surface area contributed by atoms with Gasteiger partial charge in [-0.2, -0.15) is 0 Å². The zero-order chi connectivity index (χ0) is 20.7. The number of thiocarbonyl (C=S) groups is 1. The average Bonchev–Trinajstić information content (AvgIpc) is 2.66. The van der Waals surface area contributed by atoms with Crippen LogP contribution in [0.15, 0.2) is 42.5 Å². The topological polar surface area (TPSA) is 103 Å². The summed E-state index contributed by atoms with van der Waals surface area (Å²) in [5.74, 6) is 0.778. The number of carbonyl (C=O) groups excluding carboxylic acids is 1. The van der Waals surface area contributed by atoms with Crippen LogP contribution in [0.5, 0.6) is 11.5 Å². The second-order valence-electron chi connectivity index (χ2n) is 6.13. The van der Waals surface area contributed by atoms with E-state index in [9.17, 15) is 14.9 Å². The van der Waals surface area contributed by atoms with Gasteiger partial charge >= 0.3 is 0 Å². The number of nitro benzene ring substituents is 1. The summed E-state index contributed by atoms with van der Waals surface area (Å²) in [6, 6.07) is 11.5. The zero-order valence-corrected chi connectivity index (χ0v) is 16.5. The predicted molar refractivity (Wildman–Crippen MR) is 110 cm³/mol. The van der Waals surface area contributed by atoms with Gasteiger partial charge in [-0.15, -0.1) is 0 Å². The maximum atomic E-state index is 12.1. The Balaban J connectivity index is 1.97. The summed E-state index contributed by atoms with van der Waals surface area (Å²) in [7, 11) is 1.42. The van der Waals surface area contributed by atoms with Crippen molar-refractivity contribution in [2.24, 2.45) is 0 Å². The summed E-state index contributed by atoms with van der Waals surface area (Å²) >= 11 is 5.10. The molecule has 28 heavy (non-hydrogen) atoms. The minimum Gasteiger partial charge on any atom is -0.495 e. The molecule has 9 heteroatoms. The van der Waals surface area contributed by atoms with Crippen LogP contribution in [0.25, 0.3) is 0 Å². The summed E-state index contributed by atoms with van der Waals surface area (Å²) in [5, 5.41) is 16.1. The largest absolute Gasteiger partial charge is 0.495 e. The van der Waals surface area contributed by atoms with Crippen molar-refractivity contribution < 1.29 is 19.2 Å². The molecule has 0 fully saturated rings. The lowest BCUT2D eigenvalue weighted by molar-refractivity contribution is -0.384. The molecule has 2 aromatic rings. The highest BCUT2D eigenvalue weighted by molar-refractivity contribution is 7.80. The van der Waals surface area contributed by atoms with E-state index in [1.165, 1.54) is 25.3 Å². The minimum absolute atomic E-state index is 0.0236.